The number of rotatable bonds is 12. The Morgan fingerprint density at radius 3 is 2.17 bits per heavy atom. The van der Waals surface area contributed by atoms with Crippen molar-refractivity contribution in [3.05, 3.63) is 97.9 Å². The van der Waals surface area contributed by atoms with Crippen LogP contribution in [0.3, 0.4) is 0 Å². The van der Waals surface area contributed by atoms with Crippen LogP contribution in [-0.4, -0.2) is 50.0 Å². The first-order valence-corrected chi connectivity index (χ1v) is 16.2. The smallest absolute Gasteiger partial charge is 0.244 e. The van der Waals surface area contributed by atoms with Crippen molar-refractivity contribution in [2.75, 3.05) is 17.1 Å². The molecule has 0 unspecified atom stereocenters. The first kappa shape index (κ1) is 33.0. The third kappa shape index (κ3) is 9.00. The van der Waals surface area contributed by atoms with Gasteiger partial charge in [-0.2, -0.15) is 0 Å². The molecule has 0 bridgehead atoms. The number of amides is 2. The fraction of sp³-hybridized carbons (Fsp3) is 0.310. The number of anilines is 1. The van der Waals surface area contributed by atoms with Crippen LogP contribution in [0.15, 0.2) is 66.7 Å². The molecule has 0 radical (unpaired) electrons. The van der Waals surface area contributed by atoms with Crippen molar-refractivity contribution in [3.8, 4) is 0 Å². The van der Waals surface area contributed by atoms with Gasteiger partial charge in [0.05, 0.1) is 32.0 Å². The van der Waals surface area contributed by atoms with Crippen LogP contribution in [0.5, 0.6) is 0 Å². The number of hydrogen-bond acceptors (Lipinski definition) is 4. The van der Waals surface area contributed by atoms with Gasteiger partial charge < -0.3 is 10.2 Å². The minimum atomic E-state index is -4.00. The van der Waals surface area contributed by atoms with E-state index in [9.17, 15) is 18.0 Å². The average molecular weight is 659 g/mol. The summed E-state index contributed by atoms with van der Waals surface area (Å²) in [6.07, 6.45) is 1.84. The maximum atomic E-state index is 14.1. The van der Waals surface area contributed by atoms with E-state index in [4.69, 9.17) is 46.4 Å². The molecule has 0 spiro atoms. The van der Waals surface area contributed by atoms with Gasteiger partial charge in [0.2, 0.25) is 21.8 Å². The van der Waals surface area contributed by atoms with Crippen LogP contribution in [0.25, 0.3) is 0 Å². The van der Waals surface area contributed by atoms with Gasteiger partial charge in [-0.05, 0) is 48.7 Å². The van der Waals surface area contributed by atoms with Crippen LogP contribution in [0.4, 0.5) is 5.69 Å². The van der Waals surface area contributed by atoms with Gasteiger partial charge in [0.25, 0.3) is 0 Å². The summed E-state index contributed by atoms with van der Waals surface area (Å²) in [6, 6.07) is 17.6. The Morgan fingerprint density at radius 2 is 1.56 bits per heavy atom. The van der Waals surface area contributed by atoms with Crippen molar-refractivity contribution in [1.29, 1.82) is 0 Å². The van der Waals surface area contributed by atoms with Crippen molar-refractivity contribution < 1.29 is 18.0 Å². The van der Waals surface area contributed by atoms with Crippen molar-refractivity contribution >= 4 is 73.9 Å². The Balaban J connectivity index is 2.11. The van der Waals surface area contributed by atoms with E-state index < -0.39 is 28.5 Å². The zero-order valence-electron chi connectivity index (χ0n) is 22.8. The summed E-state index contributed by atoms with van der Waals surface area (Å²) in [5.41, 5.74) is 1.48. The van der Waals surface area contributed by atoms with E-state index in [0.717, 1.165) is 16.1 Å². The maximum absolute atomic E-state index is 14.1. The highest BCUT2D eigenvalue weighted by Crippen LogP contribution is 2.34. The molecule has 220 valence electrons. The lowest BCUT2D eigenvalue weighted by Crippen LogP contribution is -2.54. The summed E-state index contributed by atoms with van der Waals surface area (Å²) in [4.78, 5) is 29.2. The molecule has 0 saturated heterocycles. The molecule has 0 saturated carbocycles. The second kappa shape index (κ2) is 14.6. The molecule has 0 fully saturated rings. The van der Waals surface area contributed by atoms with Gasteiger partial charge in [0.1, 0.15) is 12.6 Å². The fourth-order valence-corrected chi connectivity index (χ4v) is 5.73. The molecule has 7 nitrogen and oxygen atoms in total. The minimum Gasteiger partial charge on any atom is -0.352 e. The van der Waals surface area contributed by atoms with Gasteiger partial charge in [-0.25, -0.2) is 8.42 Å². The third-order valence-corrected chi connectivity index (χ3v) is 9.16. The molecule has 0 aliphatic carbocycles. The molecule has 0 aliphatic heterocycles. The standard InChI is InChI=1S/C29H31Cl4N3O4S/c1-4-19(2)34-29(38)26(16-20-9-6-5-7-10-20)35(17-21-13-14-22(30)24(32)15-21)27(37)18-36(41(3,39)40)25-12-8-11-23(31)28(25)33/h5-15,19,26H,4,16-18H2,1-3H3,(H,34,38)/t19-,26-/m0/s1. The van der Waals surface area contributed by atoms with E-state index in [2.05, 4.69) is 5.32 Å². The molecule has 3 aromatic rings. The van der Waals surface area contributed by atoms with Crippen LogP contribution in [0.2, 0.25) is 20.1 Å². The Bertz CT molecular complexity index is 1490. The summed E-state index contributed by atoms with van der Waals surface area (Å²) < 4.78 is 26.7. The number of halogens is 4. The number of nitrogens with one attached hydrogen (secondary N) is 1. The van der Waals surface area contributed by atoms with E-state index >= 15 is 0 Å². The monoisotopic (exact) mass is 657 g/mol. The maximum Gasteiger partial charge on any atom is 0.244 e. The third-order valence-electron chi connectivity index (χ3n) is 6.49. The second-order valence-electron chi connectivity index (χ2n) is 9.64. The van der Waals surface area contributed by atoms with E-state index in [0.29, 0.717) is 17.0 Å². The average Bonchev–Trinajstić information content (AvgIpc) is 2.92. The van der Waals surface area contributed by atoms with E-state index in [1.165, 1.54) is 23.1 Å². The Kier molecular flexibility index (Phi) is 11.8. The number of benzene rings is 3. The van der Waals surface area contributed by atoms with Crippen molar-refractivity contribution in [2.24, 2.45) is 0 Å². The molecule has 3 aromatic carbocycles. The molecule has 2 atom stereocenters. The van der Waals surface area contributed by atoms with Crippen molar-refractivity contribution in [2.45, 2.75) is 45.3 Å². The number of sulfonamides is 1. The quantitative estimate of drug-likeness (QED) is 0.237. The zero-order chi connectivity index (χ0) is 30.3. The van der Waals surface area contributed by atoms with Crippen molar-refractivity contribution in [3.63, 3.8) is 0 Å². The summed E-state index contributed by atoms with van der Waals surface area (Å²) in [5.74, 6) is -0.999. The molecule has 2 amide bonds. The van der Waals surface area contributed by atoms with Gasteiger partial charge in [-0.3, -0.25) is 13.9 Å². The Morgan fingerprint density at radius 1 is 0.878 bits per heavy atom. The molecule has 1 N–H and O–H groups in total. The summed E-state index contributed by atoms with van der Waals surface area (Å²) in [6.45, 7) is 3.15. The van der Waals surface area contributed by atoms with Crippen LogP contribution in [-0.2, 0) is 32.6 Å². The van der Waals surface area contributed by atoms with Crippen LogP contribution in [0, 0.1) is 0 Å². The summed E-state index contributed by atoms with van der Waals surface area (Å²) in [5, 5.41) is 3.71. The van der Waals surface area contributed by atoms with Gasteiger partial charge in [-0.15, -0.1) is 0 Å². The van der Waals surface area contributed by atoms with E-state index in [1.54, 1.807) is 18.2 Å². The largest absolute Gasteiger partial charge is 0.352 e. The lowest BCUT2D eigenvalue weighted by molar-refractivity contribution is -0.140. The molecular formula is C29H31Cl4N3O4S. The number of hydrogen-bond donors (Lipinski definition) is 1. The lowest BCUT2D eigenvalue weighted by atomic mass is 10.0. The number of carbonyl (C=O) groups excluding carboxylic acids is 2. The Hall–Kier alpha value is -2.49. The van der Waals surface area contributed by atoms with Gasteiger partial charge >= 0.3 is 0 Å². The molecule has 3 rings (SSSR count). The van der Waals surface area contributed by atoms with Gasteiger partial charge in [-0.1, -0.05) is 95.8 Å². The molecule has 0 aliphatic rings. The summed E-state index contributed by atoms with van der Waals surface area (Å²) in [7, 11) is -4.00. The van der Waals surface area contributed by atoms with Crippen LogP contribution >= 0.6 is 46.4 Å². The second-order valence-corrected chi connectivity index (χ2v) is 13.1. The minimum absolute atomic E-state index is 0.0150. The highest BCUT2D eigenvalue weighted by Gasteiger charge is 2.34. The van der Waals surface area contributed by atoms with Crippen molar-refractivity contribution in [1.82, 2.24) is 10.2 Å². The zero-order valence-corrected chi connectivity index (χ0v) is 26.6. The predicted molar refractivity (Wildman–Crippen MR) is 167 cm³/mol. The topological polar surface area (TPSA) is 86.8 Å². The summed E-state index contributed by atoms with van der Waals surface area (Å²) >= 11 is 24.9. The van der Waals surface area contributed by atoms with E-state index in [1.807, 2.05) is 44.2 Å². The molecule has 41 heavy (non-hydrogen) atoms. The van der Waals surface area contributed by atoms with Gasteiger partial charge in [0.15, 0.2) is 0 Å². The number of nitrogens with zero attached hydrogens (tertiary/aromatic N) is 2. The molecule has 12 heteroatoms. The molecule has 0 heterocycles. The first-order valence-electron chi connectivity index (χ1n) is 12.8. The lowest BCUT2D eigenvalue weighted by Gasteiger charge is -2.34. The SMILES string of the molecule is CC[C@H](C)NC(=O)[C@H](Cc1ccccc1)N(Cc1ccc(Cl)c(Cl)c1)C(=O)CN(c1cccc(Cl)c1Cl)S(C)(=O)=O. The van der Waals surface area contributed by atoms with Crippen LogP contribution < -0.4 is 9.62 Å². The predicted octanol–water partition coefficient (Wildman–Crippen LogP) is 6.62. The number of carbonyl (C=O) groups is 2. The Labute approximate surface area is 261 Å². The van der Waals surface area contributed by atoms with E-state index in [-0.39, 0.29) is 45.7 Å². The highest BCUT2D eigenvalue weighted by atomic mass is 35.5. The first-order chi connectivity index (χ1) is 19.3. The molecule has 0 aromatic heterocycles. The van der Waals surface area contributed by atoms with Crippen LogP contribution in [0.1, 0.15) is 31.4 Å². The molecular weight excluding hydrogens is 628 g/mol. The van der Waals surface area contributed by atoms with Gasteiger partial charge in [0, 0.05) is 19.0 Å². The highest BCUT2D eigenvalue weighted by molar-refractivity contribution is 7.92. The normalized spacial score (nSPS) is 12.9. The fourth-order valence-electron chi connectivity index (χ4n) is 4.11.